The minimum absolute atomic E-state index is 0.0830. The summed E-state index contributed by atoms with van der Waals surface area (Å²) in [5, 5.41) is 20.3. The molecule has 0 fully saturated rings. The lowest BCUT2D eigenvalue weighted by molar-refractivity contribution is -0.384. The predicted molar refractivity (Wildman–Crippen MR) is 74.3 cm³/mol. The summed E-state index contributed by atoms with van der Waals surface area (Å²) in [6.45, 7) is 0. The molecule has 0 amide bonds. The molecule has 5 nitrogen and oxygen atoms in total. The Morgan fingerprint density at radius 3 is 2.55 bits per heavy atom. The third-order valence-electron chi connectivity index (χ3n) is 2.41. The molecule has 0 spiro atoms. The third-order valence-corrected chi connectivity index (χ3v) is 2.96. The molecule has 0 aliphatic heterocycles. The largest absolute Gasteiger partial charge is 0.454 e. The number of nitrogens with zero attached hydrogens (tertiary/aromatic N) is 2. The Hall–Kier alpha value is -2.29. The van der Waals surface area contributed by atoms with Crippen LogP contribution in [-0.2, 0) is 0 Å². The Morgan fingerprint density at radius 2 is 1.90 bits per heavy atom. The first-order chi connectivity index (χ1) is 9.51. The van der Waals surface area contributed by atoms with E-state index in [1.165, 1.54) is 30.3 Å². The summed E-state index contributed by atoms with van der Waals surface area (Å²) in [6.07, 6.45) is 0. The van der Waals surface area contributed by atoms with Crippen molar-refractivity contribution in [3.8, 4) is 17.6 Å². The number of nitro benzene ring substituents is 1. The lowest BCUT2D eigenvalue weighted by atomic mass is 10.2. The van der Waals surface area contributed by atoms with Gasteiger partial charge in [-0.3, -0.25) is 10.1 Å². The molecular formula is C13H6Cl2N2O3. The highest BCUT2D eigenvalue weighted by Crippen LogP contribution is 2.34. The molecule has 0 radical (unpaired) electrons. The number of ether oxygens (including phenoxy) is 1. The highest BCUT2D eigenvalue weighted by atomic mass is 35.5. The number of halogens is 2. The lowest BCUT2D eigenvalue weighted by Gasteiger charge is -2.09. The van der Waals surface area contributed by atoms with Gasteiger partial charge >= 0.3 is 0 Å². The summed E-state index contributed by atoms with van der Waals surface area (Å²) < 4.78 is 5.46. The average molecular weight is 309 g/mol. The number of nitro groups is 1. The van der Waals surface area contributed by atoms with Crippen molar-refractivity contribution in [2.24, 2.45) is 0 Å². The van der Waals surface area contributed by atoms with Crippen molar-refractivity contribution >= 4 is 28.9 Å². The van der Waals surface area contributed by atoms with E-state index in [2.05, 4.69) is 0 Å². The molecule has 0 heterocycles. The first-order valence-electron chi connectivity index (χ1n) is 5.32. The molecule has 0 N–H and O–H groups in total. The maximum absolute atomic E-state index is 10.7. The number of benzene rings is 2. The molecule has 20 heavy (non-hydrogen) atoms. The van der Waals surface area contributed by atoms with Crippen LogP contribution in [0.15, 0.2) is 36.4 Å². The normalized spacial score (nSPS) is 9.85. The Labute approximate surface area is 124 Å². The van der Waals surface area contributed by atoms with E-state index in [-0.39, 0.29) is 27.8 Å². The van der Waals surface area contributed by atoms with E-state index in [1.807, 2.05) is 6.07 Å². The van der Waals surface area contributed by atoms with Crippen LogP contribution in [0.2, 0.25) is 10.0 Å². The van der Waals surface area contributed by atoms with Gasteiger partial charge in [-0.25, -0.2) is 0 Å². The Bertz CT molecular complexity index is 726. The van der Waals surface area contributed by atoms with Crippen molar-refractivity contribution in [3.63, 3.8) is 0 Å². The minimum Gasteiger partial charge on any atom is -0.454 e. The van der Waals surface area contributed by atoms with Crippen LogP contribution < -0.4 is 4.74 Å². The molecule has 0 aliphatic carbocycles. The molecule has 0 saturated carbocycles. The van der Waals surface area contributed by atoms with Gasteiger partial charge in [-0.2, -0.15) is 5.26 Å². The monoisotopic (exact) mass is 308 g/mol. The van der Waals surface area contributed by atoms with Gasteiger partial charge in [0.2, 0.25) is 0 Å². The minimum atomic E-state index is -0.563. The molecule has 0 unspecified atom stereocenters. The summed E-state index contributed by atoms with van der Waals surface area (Å²) >= 11 is 11.8. The second kappa shape index (κ2) is 5.78. The topological polar surface area (TPSA) is 76.2 Å². The van der Waals surface area contributed by atoms with Crippen LogP contribution in [0.5, 0.6) is 11.5 Å². The Balaban J connectivity index is 2.44. The van der Waals surface area contributed by atoms with Gasteiger partial charge in [0, 0.05) is 17.2 Å². The zero-order chi connectivity index (χ0) is 14.7. The SMILES string of the molecule is N#Cc1ccc(Cl)cc1Oc1cc([N+](=O)[O-])ccc1Cl. The smallest absolute Gasteiger partial charge is 0.273 e. The standard InChI is InChI=1S/C13H6Cl2N2O3/c14-9-2-1-8(7-16)12(5-9)20-13-6-10(17(18)19)3-4-11(13)15/h1-6H. The van der Waals surface area contributed by atoms with Crippen molar-refractivity contribution in [1.29, 1.82) is 5.26 Å². The molecule has 2 rings (SSSR count). The van der Waals surface area contributed by atoms with E-state index < -0.39 is 4.92 Å². The van der Waals surface area contributed by atoms with Gasteiger partial charge in [0.05, 0.1) is 21.6 Å². The molecule has 7 heteroatoms. The molecule has 0 aliphatic rings. The van der Waals surface area contributed by atoms with Gasteiger partial charge in [-0.05, 0) is 18.2 Å². The van der Waals surface area contributed by atoms with Crippen molar-refractivity contribution < 1.29 is 9.66 Å². The van der Waals surface area contributed by atoms with E-state index in [9.17, 15) is 10.1 Å². The van der Waals surface area contributed by atoms with Gasteiger partial charge in [0.15, 0.2) is 5.75 Å². The molecule has 2 aromatic carbocycles. The number of rotatable bonds is 3. The molecule has 0 bridgehead atoms. The number of hydrogen-bond acceptors (Lipinski definition) is 4. The maximum atomic E-state index is 10.7. The fourth-order valence-electron chi connectivity index (χ4n) is 1.48. The zero-order valence-electron chi connectivity index (χ0n) is 9.84. The second-order valence-electron chi connectivity index (χ2n) is 3.73. The van der Waals surface area contributed by atoms with E-state index in [0.29, 0.717) is 5.02 Å². The van der Waals surface area contributed by atoms with Crippen LogP contribution in [0, 0.1) is 21.4 Å². The highest BCUT2D eigenvalue weighted by molar-refractivity contribution is 6.32. The summed E-state index contributed by atoms with van der Waals surface area (Å²) in [7, 11) is 0. The van der Waals surface area contributed by atoms with Crippen molar-refractivity contribution in [2.75, 3.05) is 0 Å². The fourth-order valence-corrected chi connectivity index (χ4v) is 1.79. The number of non-ortho nitro benzene ring substituents is 1. The van der Waals surface area contributed by atoms with E-state index >= 15 is 0 Å². The molecule has 100 valence electrons. The first-order valence-corrected chi connectivity index (χ1v) is 6.08. The van der Waals surface area contributed by atoms with Crippen LogP contribution in [0.4, 0.5) is 5.69 Å². The maximum Gasteiger partial charge on any atom is 0.273 e. The average Bonchev–Trinajstić information content (AvgIpc) is 2.41. The lowest BCUT2D eigenvalue weighted by Crippen LogP contribution is -1.92. The number of nitriles is 1. The summed E-state index contributed by atoms with van der Waals surface area (Å²) in [4.78, 5) is 10.2. The van der Waals surface area contributed by atoms with Gasteiger partial charge in [0.25, 0.3) is 5.69 Å². The summed E-state index contributed by atoms with van der Waals surface area (Å²) in [5.41, 5.74) is 0.0851. The third kappa shape index (κ3) is 2.99. The van der Waals surface area contributed by atoms with Crippen LogP contribution in [0.1, 0.15) is 5.56 Å². The quantitative estimate of drug-likeness (QED) is 0.615. The molecule has 0 atom stereocenters. The van der Waals surface area contributed by atoms with Crippen molar-refractivity contribution in [3.05, 3.63) is 62.1 Å². The van der Waals surface area contributed by atoms with E-state index in [0.717, 1.165) is 0 Å². The molecule has 2 aromatic rings. The Morgan fingerprint density at radius 1 is 1.15 bits per heavy atom. The first kappa shape index (κ1) is 14.1. The van der Waals surface area contributed by atoms with Crippen molar-refractivity contribution in [1.82, 2.24) is 0 Å². The molecule has 0 aromatic heterocycles. The second-order valence-corrected chi connectivity index (χ2v) is 4.57. The van der Waals surface area contributed by atoms with Gasteiger partial charge in [-0.15, -0.1) is 0 Å². The van der Waals surface area contributed by atoms with Crippen LogP contribution in [0.25, 0.3) is 0 Å². The highest BCUT2D eigenvalue weighted by Gasteiger charge is 2.13. The van der Waals surface area contributed by atoms with E-state index in [1.54, 1.807) is 6.07 Å². The Kier molecular flexibility index (Phi) is 4.08. The van der Waals surface area contributed by atoms with Gasteiger partial charge in [0.1, 0.15) is 11.8 Å². The predicted octanol–water partition coefficient (Wildman–Crippen LogP) is 4.57. The van der Waals surface area contributed by atoms with Crippen LogP contribution >= 0.6 is 23.2 Å². The van der Waals surface area contributed by atoms with Gasteiger partial charge < -0.3 is 4.74 Å². The molecular weight excluding hydrogens is 303 g/mol. The van der Waals surface area contributed by atoms with Crippen LogP contribution in [-0.4, -0.2) is 4.92 Å². The number of hydrogen-bond donors (Lipinski definition) is 0. The van der Waals surface area contributed by atoms with Crippen molar-refractivity contribution in [2.45, 2.75) is 0 Å². The summed E-state index contributed by atoms with van der Waals surface area (Å²) in [5.74, 6) is 0.266. The van der Waals surface area contributed by atoms with Crippen LogP contribution in [0.3, 0.4) is 0 Å². The van der Waals surface area contributed by atoms with E-state index in [4.69, 9.17) is 33.2 Å². The fraction of sp³-hybridized carbons (Fsp3) is 0. The zero-order valence-corrected chi connectivity index (χ0v) is 11.4. The molecule has 0 saturated heterocycles. The summed E-state index contributed by atoms with van der Waals surface area (Å²) in [6, 6.07) is 10.2. The van der Waals surface area contributed by atoms with Gasteiger partial charge in [-0.1, -0.05) is 23.2 Å².